The van der Waals surface area contributed by atoms with E-state index in [0.29, 0.717) is 18.1 Å². The zero-order chi connectivity index (χ0) is 16.8. The second-order valence-corrected chi connectivity index (χ2v) is 5.74. The Balaban J connectivity index is 2.24. The molecule has 0 saturated heterocycles. The van der Waals surface area contributed by atoms with Crippen LogP contribution in [0.1, 0.15) is 42.0 Å². The second kappa shape index (κ2) is 7.46. The monoisotopic (exact) mass is 308 g/mol. The highest BCUT2D eigenvalue weighted by molar-refractivity contribution is 6.12. The molecule has 0 radical (unpaired) electrons. The van der Waals surface area contributed by atoms with Gasteiger partial charge in [-0.1, -0.05) is 49.3 Å². The smallest absolute Gasteiger partial charge is 0.187 e. The molecule has 0 heterocycles. The van der Waals surface area contributed by atoms with Gasteiger partial charge in [-0.15, -0.1) is 0 Å². The van der Waals surface area contributed by atoms with Crippen LogP contribution in [0.3, 0.4) is 0 Å². The van der Waals surface area contributed by atoms with Gasteiger partial charge in [0.1, 0.15) is 18.4 Å². The van der Waals surface area contributed by atoms with E-state index < -0.39 is 0 Å². The fourth-order valence-corrected chi connectivity index (χ4v) is 2.37. The molecule has 2 aromatic rings. The minimum absolute atomic E-state index is 0.0173. The van der Waals surface area contributed by atoms with Gasteiger partial charge in [-0.25, -0.2) is 0 Å². The third-order valence-electron chi connectivity index (χ3n) is 3.61. The van der Waals surface area contributed by atoms with Crippen LogP contribution in [-0.2, 0) is 6.61 Å². The largest absolute Gasteiger partial charge is 0.489 e. The SMILES string of the molecule is Cc1cc(OCc2ccccc2C(C#N)=NO)cc(C(C)C)c1. The first kappa shape index (κ1) is 16.6. The molecular weight excluding hydrogens is 288 g/mol. The van der Waals surface area contributed by atoms with Gasteiger partial charge < -0.3 is 9.94 Å². The molecule has 0 spiro atoms. The van der Waals surface area contributed by atoms with Crippen LogP contribution in [0.15, 0.2) is 47.6 Å². The van der Waals surface area contributed by atoms with E-state index in [4.69, 9.17) is 15.2 Å². The minimum atomic E-state index is -0.0173. The van der Waals surface area contributed by atoms with Gasteiger partial charge in [-0.2, -0.15) is 5.26 Å². The Morgan fingerprint density at radius 2 is 2.00 bits per heavy atom. The molecule has 23 heavy (non-hydrogen) atoms. The van der Waals surface area contributed by atoms with Gasteiger partial charge in [0.05, 0.1) is 0 Å². The van der Waals surface area contributed by atoms with Crippen LogP contribution < -0.4 is 4.74 Å². The van der Waals surface area contributed by atoms with Crippen LogP contribution in [0, 0.1) is 18.3 Å². The Morgan fingerprint density at radius 3 is 2.65 bits per heavy atom. The maximum absolute atomic E-state index is 9.04. The predicted molar refractivity (Wildman–Crippen MR) is 90.0 cm³/mol. The molecule has 4 nitrogen and oxygen atoms in total. The number of ether oxygens (including phenoxy) is 1. The zero-order valence-corrected chi connectivity index (χ0v) is 13.6. The van der Waals surface area contributed by atoms with Gasteiger partial charge in [0.15, 0.2) is 5.71 Å². The first-order valence-electron chi connectivity index (χ1n) is 7.50. The summed E-state index contributed by atoms with van der Waals surface area (Å²) >= 11 is 0. The summed E-state index contributed by atoms with van der Waals surface area (Å²) in [7, 11) is 0. The van der Waals surface area contributed by atoms with Gasteiger partial charge in [-0.3, -0.25) is 0 Å². The van der Waals surface area contributed by atoms with E-state index in [1.165, 1.54) is 5.56 Å². The van der Waals surface area contributed by atoms with Crippen molar-refractivity contribution >= 4 is 5.71 Å². The van der Waals surface area contributed by atoms with Crippen molar-refractivity contribution < 1.29 is 9.94 Å². The summed E-state index contributed by atoms with van der Waals surface area (Å²) in [6.45, 7) is 6.63. The van der Waals surface area contributed by atoms with Crippen LogP contribution in [0.2, 0.25) is 0 Å². The quantitative estimate of drug-likeness (QED) is 0.506. The number of nitriles is 1. The molecular formula is C19H20N2O2. The molecule has 0 aliphatic heterocycles. The Morgan fingerprint density at radius 1 is 1.26 bits per heavy atom. The van der Waals surface area contributed by atoms with E-state index in [2.05, 4.69) is 25.1 Å². The second-order valence-electron chi connectivity index (χ2n) is 5.74. The lowest BCUT2D eigenvalue weighted by molar-refractivity contribution is 0.304. The van der Waals surface area contributed by atoms with Crippen molar-refractivity contribution in [3.8, 4) is 11.8 Å². The number of hydrogen-bond donors (Lipinski definition) is 1. The lowest BCUT2D eigenvalue weighted by atomic mass is 10.0. The van der Waals surface area contributed by atoms with Gasteiger partial charge in [-0.05, 0) is 41.7 Å². The van der Waals surface area contributed by atoms with E-state index >= 15 is 0 Å². The lowest BCUT2D eigenvalue weighted by Gasteiger charge is -2.13. The summed E-state index contributed by atoms with van der Waals surface area (Å²) in [5.41, 5.74) is 3.73. The molecule has 0 aromatic heterocycles. The lowest BCUT2D eigenvalue weighted by Crippen LogP contribution is -2.06. The molecule has 4 heteroatoms. The first-order valence-corrected chi connectivity index (χ1v) is 7.50. The van der Waals surface area contributed by atoms with Gasteiger partial charge >= 0.3 is 0 Å². The third kappa shape index (κ3) is 4.10. The number of nitrogens with zero attached hydrogens (tertiary/aromatic N) is 2. The molecule has 0 unspecified atom stereocenters. The van der Waals surface area contributed by atoms with Crippen molar-refractivity contribution in [3.63, 3.8) is 0 Å². The summed E-state index contributed by atoms with van der Waals surface area (Å²) < 4.78 is 5.90. The van der Waals surface area contributed by atoms with Gasteiger partial charge in [0.25, 0.3) is 0 Å². The summed E-state index contributed by atoms with van der Waals surface area (Å²) in [5.74, 6) is 1.22. The molecule has 0 saturated carbocycles. The predicted octanol–water partition coefficient (Wildman–Crippen LogP) is 4.40. The zero-order valence-electron chi connectivity index (χ0n) is 13.6. The van der Waals surface area contributed by atoms with Gasteiger partial charge in [0.2, 0.25) is 0 Å². The van der Waals surface area contributed by atoms with Crippen molar-refractivity contribution in [3.05, 3.63) is 64.7 Å². The van der Waals surface area contributed by atoms with Crippen molar-refractivity contribution in [2.75, 3.05) is 0 Å². The fourth-order valence-electron chi connectivity index (χ4n) is 2.37. The van der Waals surface area contributed by atoms with Crippen LogP contribution >= 0.6 is 0 Å². The normalized spacial score (nSPS) is 11.3. The number of hydrogen-bond acceptors (Lipinski definition) is 4. The topological polar surface area (TPSA) is 65.6 Å². The van der Waals surface area contributed by atoms with Crippen molar-refractivity contribution in [1.82, 2.24) is 0 Å². The summed E-state index contributed by atoms with van der Waals surface area (Å²) in [5, 5.41) is 21.0. The number of benzene rings is 2. The Bertz CT molecular complexity index is 758. The van der Waals surface area contributed by atoms with E-state index in [1.807, 2.05) is 37.3 Å². The van der Waals surface area contributed by atoms with E-state index in [9.17, 15) is 0 Å². The van der Waals surface area contributed by atoms with E-state index in [0.717, 1.165) is 16.9 Å². The Labute approximate surface area is 136 Å². The number of rotatable bonds is 5. The Kier molecular flexibility index (Phi) is 5.37. The van der Waals surface area contributed by atoms with Crippen LogP contribution in [-0.4, -0.2) is 10.9 Å². The molecule has 0 aliphatic carbocycles. The average Bonchev–Trinajstić information content (AvgIpc) is 2.54. The van der Waals surface area contributed by atoms with Gasteiger partial charge in [0, 0.05) is 5.56 Å². The standard InChI is InChI=1S/C19H20N2O2/c1-13(2)16-8-14(3)9-17(10-16)23-12-15-6-4-5-7-18(15)19(11-20)21-22/h4-10,13,22H,12H2,1-3H3. The third-order valence-corrected chi connectivity index (χ3v) is 3.61. The summed E-state index contributed by atoms with van der Waals surface area (Å²) in [4.78, 5) is 0. The summed E-state index contributed by atoms with van der Waals surface area (Å²) in [6, 6.07) is 15.3. The molecule has 118 valence electrons. The summed E-state index contributed by atoms with van der Waals surface area (Å²) in [6.07, 6.45) is 0. The highest BCUT2D eigenvalue weighted by atomic mass is 16.5. The van der Waals surface area contributed by atoms with E-state index in [-0.39, 0.29) is 5.71 Å². The van der Waals surface area contributed by atoms with E-state index in [1.54, 1.807) is 12.1 Å². The van der Waals surface area contributed by atoms with Crippen molar-refractivity contribution in [2.45, 2.75) is 33.3 Å². The molecule has 2 aromatic carbocycles. The fraction of sp³-hybridized carbons (Fsp3) is 0.263. The van der Waals surface area contributed by atoms with Crippen molar-refractivity contribution in [1.29, 1.82) is 5.26 Å². The van der Waals surface area contributed by atoms with Crippen LogP contribution in [0.4, 0.5) is 0 Å². The van der Waals surface area contributed by atoms with Crippen LogP contribution in [0.5, 0.6) is 5.75 Å². The highest BCUT2D eigenvalue weighted by Gasteiger charge is 2.10. The maximum atomic E-state index is 9.04. The molecule has 1 N–H and O–H groups in total. The minimum Gasteiger partial charge on any atom is -0.489 e. The average molecular weight is 308 g/mol. The molecule has 0 aliphatic rings. The number of oxime groups is 1. The number of aryl methyl sites for hydroxylation is 1. The highest BCUT2D eigenvalue weighted by Crippen LogP contribution is 2.24. The van der Waals surface area contributed by atoms with Crippen molar-refractivity contribution in [2.24, 2.45) is 5.16 Å². The molecule has 0 amide bonds. The Hall–Kier alpha value is -2.80. The van der Waals surface area contributed by atoms with Crippen LogP contribution in [0.25, 0.3) is 0 Å². The molecule has 2 rings (SSSR count). The maximum Gasteiger partial charge on any atom is 0.187 e. The molecule has 0 bridgehead atoms. The molecule has 0 atom stereocenters. The first-order chi connectivity index (χ1) is 11.0. The molecule has 0 fully saturated rings.